The van der Waals surface area contributed by atoms with E-state index in [2.05, 4.69) is 10.3 Å². The van der Waals surface area contributed by atoms with Gasteiger partial charge in [0.15, 0.2) is 5.13 Å². The molecule has 0 aliphatic heterocycles. The Hall–Kier alpha value is -1.82. The monoisotopic (exact) mass is 208 g/mol. The average Bonchev–Trinajstić information content (AvgIpc) is 2.42. The molecule has 0 spiro atoms. The molecule has 0 bridgehead atoms. The number of nitrogen functional groups attached to an aromatic ring is 1. The van der Waals surface area contributed by atoms with Crippen LogP contribution in [-0.2, 0) is 0 Å². The van der Waals surface area contributed by atoms with Crippen LogP contribution in [0.2, 0.25) is 0 Å². The summed E-state index contributed by atoms with van der Waals surface area (Å²) in [6, 6.07) is 4.72. The van der Waals surface area contributed by atoms with E-state index in [-0.39, 0.29) is 0 Å². The second-order valence-electron chi connectivity index (χ2n) is 2.72. The first-order valence-corrected chi connectivity index (χ1v) is 4.69. The minimum Gasteiger partial charge on any atom is -0.375 e. The number of amides is 2. The molecule has 1 aromatic heterocycles. The highest BCUT2D eigenvalue weighted by atomic mass is 32.1. The third-order valence-corrected chi connectivity index (χ3v) is 2.52. The van der Waals surface area contributed by atoms with Crippen LogP contribution in [0.3, 0.4) is 0 Å². The topological polar surface area (TPSA) is 94.0 Å². The number of primary amides is 1. The summed E-state index contributed by atoms with van der Waals surface area (Å²) in [6.45, 7) is 0. The largest absolute Gasteiger partial charge is 0.375 e. The molecule has 2 rings (SSSR count). The summed E-state index contributed by atoms with van der Waals surface area (Å²) in [5.74, 6) is 0. The van der Waals surface area contributed by atoms with Crippen LogP contribution in [0, 0.1) is 0 Å². The first-order chi connectivity index (χ1) is 6.65. The normalized spacial score (nSPS) is 10.3. The highest BCUT2D eigenvalue weighted by Crippen LogP contribution is 2.26. The maximum Gasteiger partial charge on any atom is 0.316 e. The van der Waals surface area contributed by atoms with Crippen molar-refractivity contribution in [3.05, 3.63) is 18.2 Å². The number of carbonyl (C=O) groups excluding carboxylic acids is 1. The molecule has 0 unspecified atom stereocenters. The van der Waals surface area contributed by atoms with E-state index in [1.54, 1.807) is 18.2 Å². The van der Waals surface area contributed by atoms with E-state index in [0.29, 0.717) is 10.8 Å². The fourth-order valence-corrected chi connectivity index (χ4v) is 1.94. The summed E-state index contributed by atoms with van der Waals surface area (Å²) in [5, 5.41) is 2.99. The maximum atomic E-state index is 10.6. The Bertz CT molecular complexity index is 493. The van der Waals surface area contributed by atoms with Gasteiger partial charge in [0.25, 0.3) is 0 Å². The van der Waals surface area contributed by atoms with Gasteiger partial charge in [0.2, 0.25) is 0 Å². The summed E-state index contributed by atoms with van der Waals surface area (Å²) in [7, 11) is 0. The number of thiazole rings is 1. The first-order valence-electron chi connectivity index (χ1n) is 3.87. The van der Waals surface area contributed by atoms with Crippen molar-refractivity contribution in [3.8, 4) is 0 Å². The number of nitrogens with two attached hydrogens (primary N) is 2. The number of nitrogens with one attached hydrogen (secondary N) is 1. The number of anilines is 2. The van der Waals surface area contributed by atoms with Crippen molar-refractivity contribution in [2.24, 2.45) is 5.73 Å². The van der Waals surface area contributed by atoms with Crippen LogP contribution in [0.15, 0.2) is 18.2 Å². The fourth-order valence-electron chi connectivity index (χ4n) is 1.16. The lowest BCUT2D eigenvalue weighted by Gasteiger charge is -1.99. The fraction of sp³-hybridized carbons (Fsp3) is 0. The predicted octanol–water partition coefficient (Wildman–Crippen LogP) is 1.37. The van der Waals surface area contributed by atoms with Gasteiger partial charge < -0.3 is 16.8 Å². The molecule has 14 heavy (non-hydrogen) atoms. The van der Waals surface area contributed by atoms with Gasteiger partial charge >= 0.3 is 6.03 Å². The summed E-state index contributed by atoms with van der Waals surface area (Å²) in [5.41, 5.74) is 12.0. The molecule has 6 heteroatoms. The zero-order valence-corrected chi connectivity index (χ0v) is 7.97. The predicted molar refractivity (Wildman–Crippen MR) is 57.2 cm³/mol. The van der Waals surface area contributed by atoms with Gasteiger partial charge in [-0.15, -0.1) is 0 Å². The smallest absolute Gasteiger partial charge is 0.316 e. The van der Waals surface area contributed by atoms with Gasteiger partial charge in [-0.25, -0.2) is 9.78 Å². The number of benzene rings is 1. The van der Waals surface area contributed by atoms with E-state index >= 15 is 0 Å². The summed E-state index contributed by atoms with van der Waals surface area (Å²) >= 11 is 1.37. The van der Waals surface area contributed by atoms with Gasteiger partial charge in [-0.05, 0) is 18.2 Å². The van der Waals surface area contributed by atoms with E-state index in [4.69, 9.17) is 11.5 Å². The molecule has 5 nitrogen and oxygen atoms in total. The molecule has 72 valence electrons. The van der Waals surface area contributed by atoms with Crippen LogP contribution in [0.25, 0.3) is 10.2 Å². The summed E-state index contributed by atoms with van der Waals surface area (Å²) in [6.07, 6.45) is 0. The van der Waals surface area contributed by atoms with Crippen LogP contribution in [-0.4, -0.2) is 11.0 Å². The van der Waals surface area contributed by atoms with Gasteiger partial charge in [-0.3, -0.25) is 0 Å². The lowest BCUT2D eigenvalue weighted by molar-refractivity contribution is 0.259. The van der Waals surface area contributed by atoms with Gasteiger partial charge in [-0.1, -0.05) is 11.3 Å². The standard InChI is InChI=1S/C8H8N4OS/c9-7(13)11-4-1-2-5-6(3-4)14-8(10)12-5/h1-3H,(H2,10,12)(H3,9,11,13). The molecule has 0 radical (unpaired) electrons. The summed E-state index contributed by atoms with van der Waals surface area (Å²) < 4.78 is 0.925. The SMILES string of the molecule is NC(=O)Nc1ccc2nc(N)sc2c1. The Labute approximate surface area is 83.7 Å². The molecule has 0 atom stereocenters. The second kappa shape index (κ2) is 3.15. The highest BCUT2D eigenvalue weighted by Gasteiger charge is 2.02. The van der Waals surface area contributed by atoms with Crippen molar-refractivity contribution in [3.63, 3.8) is 0 Å². The van der Waals surface area contributed by atoms with Crippen LogP contribution in [0.4, 0.5) is 15.6 Å². The molecular weight excluding hydrogens is 200 g/mol. The minimum absolute atomic E-state index is 0.510. The van der Waals surface area contributed by atoms with Crippen molar-refractivity contribution in [2.75, 3.05) is 11.1 Å². The summed E-state index contributed by atoms with van der Waals surface area (Å²) in [4.78, 5) is 14.7. The third kappa shape index (κ3) is 1.60. The lowest BCUT2D eigenvalue weighted by Crippen LogP contribution is -2.19. The van der Waals surface area contributed by atoms with Crippen LogP contribution >= 0.6 is 11.3 Å². The Morgan fingerprint density at radius 3 is 3.00 bits per heavy atom. The number of hydrogen-bond donors (Lipinski definition) is 3. The van der Waals surface area contributed by atoms with Crippen LogP contribution in [0.1, 0.15) is 0 Å². The number of rotatable bonds is 1. The molecule has 1 aromatic carbocycles. The lowest BCUT2D eigenvalue weighted by atomic mass is 10.3. The maximum absolute atomic E-state index is 10.6. The Kier molecular flexibility index (Phi) is 1.97. The molecule has 5 N–H and O–H groups in total. The number of fused-ring (bicyclic) bond motifs is 1. The number of aromatic nitrogens is 1. The molecule has 0 aliphatic carbocycles. The van der Waals surface area contributed by atoms with Crippen molar-refractivity contribution >= 4 is 38.4 Å². The van der Waals surface area contributed by atoms with Gasteiger partial charge in [0.05, 0.1) is 10.2 Å². The molecule has 0 saturated heterocycles. The minimum atomic E-state index is -0.582. The second-order valence-corrected chi connectivity index (χ2v) is 3.79. The number of carbonyl (C=O) groups is 1. The van der Waals surface area contributed by atoms with Crippen molar-refractivity contribution in [2.45, 2.75) is 0 Å². The zero-order valence-electron chi connectivity index (χ0n) is 7.15. The van der Waals surface area contributed by atoms with Crippen molar-refractivity contribution < 1.29 is 4.79 Å². The number of urea groups is 1. The molecule has 2 aromatic rings. The molecule has 0 fully saturated rings. The molecule has 1 heterocycles. The first kappa shape index (κ1) is 8.76. The molecule has 2 amide bonds. The Morgan fingerprint density at radius 1 is 1.50 bits per heavy atom. The third-order valence-electron chi connectivity index (χ3n) is 1.67. The Morgan fingerprint density at radius 2 is 2.29 bits per heavy atom. The van der Waals surface area contributed by atoms with Gasteiger partial charge in [-0.2, -0.15) is 0 Å². The van der Waals surface area contributed by atoms with Crippen molar-refractivity contribution in [1.29, 1.82) is 0 Å². The van der Waals surface area contributed by atoms with Crippen molar-refractivity contribution in [1.82, 2.24) is 4.98 Å². The Balaban J connectivity index is 2.45. The van der Waals surface area contributed by atoms with E-state index < -0.39 is 6.03 Å². The number of hydrogen-bond acceptors (Lipinski definition) is 4. The zero-order chi connectivity index (χ0) is 10.1. The highest BCUT2D eigenvalue weighted by molar-refractivity contribution is 7.22. The van der Waals surface area contributed by atoms with Crippen LogP contribution in [0.5, 0.6) is 0 Å². The van der Waals surface area contributed by atoms with Gasteiger partial charge in [0.1, 0.15) is 0 Å². The van der Waals surface area contributed by atoms with Crippen LogP contribution < -0.4 is 16.8 Å². The van der Waals surface area contributed by atoms with E-state index in [9.17, 15) is 4.79 Å². The molecule has 0 saturated carbocycles. The van der Waals surface area contributed by atoms with E-state index in [1.807, 2.05) is 0 Å². The number of nitrogens with zero attached hydrogens (tertiary/aromatic N) is 1. The average molecular weight is 208 g/mol. The quantitative estimate of drug-likeness (QED) is 0.660. The molecular formula is C8H8N4OS. The molecule has 0 aliphatic rings. The van der Waals surface area contributed by atoms with E-state index in [0.717, 1.165) is 10.2 Å². The van der Waals surface area contributed by atoms with E-state index in [1.165, 1.54) is 11.3 Å². The van der Waals surface area contributed by atoms with Gasteiger partial charge in [0, 0.05) is 5.69 Å².